The van der Waals surface area contributed by atoms with E-state index < -0.39 is 11.7 Å². The van der Waals surface area contributed by atoms with Crippen molar-refractivity contribution in [1.29, 1.82) is 0 Å². The quantitative estimate of drug-likeness (QED) is 0.367. The number of benzene rings is 3. The second kappa shape index (κ2) is 8.61. The zero-order chi connectivity index (χ0) is 23.8. The molecule has 0 radical (unpaired) electrons. The molecule has 0 N–H and O–H groups in total. The Balaban J connectivity index is 1.97. The van der Waals surface area contributed by atoms with E-state index in [1.807, 2.05) is 43.3 Å². The number of rotatable bonds is 5. The molecule has 1 aromatic heterocycles. The number of fused-ring (bicyclic) bond motifs is 1. The van der Waals surface area contributed by atoms with Crippen LogP contribution in [-0.4, -0.2) is 38.3 Å². The summed E-state index contributed by atoms with van der Waals surface area (Å²) < 4.78 is 50.4. The number of hydrogen-bond donors (Lipinski definition) is 0. The van der Waals surface area contributed by atoms with Crippen LogP contribution >= 0.6 is 0 Å². The van der Waals surface area contributed by atoms with E-state index in [9.17, 15) is 13.2 Å². The van der Waals surface area contributed by atoms with E-state index in [0.717, 1.165) is 23.4 Å². The Morgan fingerprint density at radius 1 is 0.818 bits per heavy atom. The molecule has 0 saturated carbocycles. The molecule has 0 spiro atoms. The van der Waals surface area contributed by atoms with Crippen LogP contribution in [0.5, 0.6) is 11.5 Å². The monoisotopic (exact) mass is 453 g/mol. The van der Waals surface area contributed by atoms with Gasteiger partial charge in [0.1, 0.15) is 6.33 Å². The summed E-state index contributed by atoms with van der Waals surface area (Å²) in [5, 5.41) is 0.697. The van der Waals surface area contributed by atoms with Crippen LogP contribution in [0.1, 0.15) is 5.56 Å². The van der Waals surface area contributed by atoms with Crippen molar-refractivity contribution in [1.82, 2.24) is 9.97 Å². The van der Waals surface area contributed by atoms with Gasteiger partial charge in [0.2, 0.25) is 0 Å². The lowest BCUT2D eigenvalue weighted by Gasteiger charge is -2.18. The summed E-state index contributed by atoms with van der Waals surface area (Å²) in [5.74, 6) is 0.818. The Bertz CT molecular complexity index is 1290. The molecule has 5 nitrogen and oxygen atoms in total. The molecular weight excluding hydrogens is 431 g/mol. The molecule has 0 aliphatic carbocycles. The van der Waals surface area contributed by atoms with Gasteiger partial charge in [0.15, 0.2) is 11.5 Å². The minimum atomic E-state index is -4.42. The molecule has 170 valence electrons. The van der Waals surface area contributed by atoms with Gasteiger partial charge in [0.25, 0.3) is 0 Å². The normalized spacial score (nSPS) is 11.5. The SMILES string of the molecule is COc1cc2c(-c3ccc(N(C)C)cc3)ncnc2c(-c2ccc(C(F)(F)F)cc2)c1OC. The molecule has 0 aliphatic rings. The maximum absolute atomic E-state index is 13.1. The van der Waals surface area contributed by atoms with Crippen LogP contribution in [0.25, 0.3) is 33.3 Å². The van der Waals surface area contributed by atoms with E-state index in [1.54, 1.807) is 6.07 Å². The highest BCUT2D eigenvalue weighted by Gasteiger charge is 2.30. The molecule has 4 aromatic rings. The molecule has 8 heteroatoms. The number of hydrogen-bond acceptors (Lipinski definition) is 5. The fraction of sp³-hybridized carbons (Fsp3) is 0.200. The van der Waals surface area contributed by atoms with Gasteiger partial charge >= 0.3 is 6.18 Å². The highest BCUT2D eigenvalue weighted by atomic mass is 19.4. The molecule has 0 saturated heterocycles. The number of alkyl halides is 3. The lowest BCUT2D eigenvalue weighted by molar-refractivity contribution is -0.137. The first-order valence-electron chi connectivity index (χ1n) is 10.1. The van der Waals surface area contributed by atoms with Crippen molar-refractivity contribution in [2.75, 3.05) is 33.2 Å². The van der Waals surface area contributed by atoms with Crippen molar-refractivity contribution < 1.29 is 22.6 Å². The molecule has 0 aliphatic heterocycles. The van der Waals surface area contributed by atoms with Crippen molar-refractivity contribution in [3.05, 3.63) is 66.5 Å². The molecule has 33 heavy (non-hydrogen) atoms. The topological polar surface area (TPSA) is 47.5 Å². The summed E-state index contributed by atoms with van der Waals surface area (Å²) >= 11 is 0. The van der Waals surface area contributed by atoms with Gasteiger partial charge in [0, 0.05) is 30.7 Å². The van der Waals surface area contributed by atoms with E-state index in [1.165, 1.54) is 32.7 Å². The Morgan fingerprint density at radius 2 is 1.45 bits per heavy atom. The molecule has 1 heterocycles. The first-order valence-corrected chi connectivity index (χ1v) is 10.1. The van der Waals surface area contributed by atoms with E-state index in [2.05, 4.69) is 9.97 Å². The van der Waals surface area contributed by atoms with Crippen molar-refractivity contribution in [2.24, 2.45) is 0 Å². The zero-order valence-corrected chi connectivity index (χ0v) is 18.6. The van der Waals surface area contributed by atoms with Crippen LogP contribution < -0.4 is 14.4 Å². The Morgan fingerprint density at radius 3 is 2.00 bits per heavy atom. The maximum atomic E-state index is 13.1. The van der Waals surface area contributed by atoms with E-state index >= 15 is 0 Å². The Labute approximate surface area is 189 Å². The number of nitrogens with zero attached hydrogens (tertiary/aromatic N) is 3. The molecular formula is C25H22F3N3O2. The fourth-order valence-electron chi connectivity index (χ4n) is 3.75. The molecule has 3 aromatic carbocycles. The second-order valence-electron chi connectivity index (χ2n) is 7.62. The van der Waals surface area contributed by atoms with Crippen LogP contribution in [0.2, 0.25) is 0 Å². The van der Waals surface area contributed by atoms with Crippen molar-refractivity contribution >= 4 is 16.6 Å². The predicted octanol–water partition coefficient (Wildman–Crippen LogP) is 6.07. The van der Waals surface area contributed by atoms with Gasteiger partial charge in [-0.25, -0.2) is 9.97 Å². The minimum absolute atomic E-state index is 0.386. The van der Waals surface area contributed by atoms with Gasteiger partial charge < -0.3 is 14.4 Å². The number of ether oxygens (including phenoxy) is 2. The summed E-state index contributed by atoms with van der Waals surface area (Å²) in [6.45, 7) is 0. The fourth-order valence-corrected chi connectivity index (χ4v) is 3.75. The lowest BCUT2D eigenvalue weighted by atomic mass is 9.96. The molecule has 0 bridgehead atoms. The number of aromatic nitrogens is 2. The maximum Gasteiger partial charge on any atom is 0.416 e. The first kappa shape index (κ1) is 22.4. The average Bonchev–Trinajstić information content (AvgIpc) is 2.81. The van der Waals surface area contributed by atoms with E-state index in [-0.39, 0.29) is 0 Å². The highest BCUT2D eigenvalue weighted by molar-refractivity contribution is 6.04. The largest absolute Gasteiger partial charge is 0.493 e. The van der Waals surface area contributed by atoms with Crippen LogP contribution in [0.4, 0.5) is 18.9 Å². The van der Waals surface area contributed by atoms with Gasteiger partial charge in [-0.2, -0.15) is 13.2 Å². The number of halogens is 3. The van der Waals surface area contributed by atoms with Crippen LogP contribution in [0, 0.1) is 0 Å². The van der Waals surface area contributed by atoms with E-state index in [4.69, 9.17) is 9.47 Å². The number of methoxy groups -OCH3 is 2. The third kappa shape index (κ3) is 4.16. The molecule has 0 atom stereocenters. The smallest absolute Gasteiger partial charge is 0.416 e. The van der Waals surface area contributed by atoms with Crippen LogP contribution in [0.15, 0.2) is 60.9 Å². The zero-order valence-electron chi connectivity index (χ0n) is 18.6. The van der Waals surface area contributed by atoms with Gasteiger partial charge in [0.05, 0.1) is 36.6 Å². The third-order valence-corrected chi connectivity index (χ3v) is 5.43. The molecule has 0 unspecified atom stereocenters. The average molecular weight is 453 g/mol. The summed E-state index contributed by atoms with van der Waals surface area (Å²) in [6, 6.07) is 14.6. The third-order valence-electron chi connectivity index (χ3n) is 5.43. The predicted molar refractivity (Wildman–Crippen MR) is 123 cm³/mol. The standard InChI is InChI=1S/C25H22F3N3O2/c1-31(2)18-11-7-16(8-12-18)22-19-13-20(32-3)24(33-4)21(23(19)30-14-29-22)15-5-9-17(10-6-15)25(26,27)28/h5-14H,1-4H3. The van der Waals surface area contributed by atoms with Gasteiger partial charge in [-0.15, -0.1) is 0 Å². The summed E-state index contributed by atoms with van der Waals surface area (Å²) in [6.07, 6.45) is -2.98. The van der Waals surface area contributed by atoms with Crippen molar-refractivity contribution in [3.8, 4) is 33.9 Å². The first-order chi connectivity index (χ1) is 15.7. The lowest BCUT2D eigenvalue weighted by Crippen LogP contribution is -2.08. The minimum Gasteiger partial charge on any atom is -0.493 e. The summed E-state index contributed by atoms with van der Waals surface area (Å²) in [4.78, 5) is 11.0. The van der Waals surface area contributed by atoms with Crippen molar-refractivity contribution in [3.63, 3.8) is 0 Å². The van der Waals surface area contributed by atoms with Gasteiger partial charge in [-0.1, -0.05) is 24.3 Å². The Hall–Kier alpha value is -3.81. The second-order valence-corrected chi connectivity index (χ2v) is 7.62. The molecule has 0 fully saturated rings. The van der Waals surface area contributed by atoms with Gasteiger partial charge in [-0.3, -0.25) is 0 Å². The molecule has 4 rings (SSSR count). The summed E-state index contributed by atoms with van der Waals surface area (Å²) in [5.41, 5.74) is 3.48. The van der Waals surface area contributed by atoms with Crippen LogP contribution in [-0.2, 0) is 6.18 Å². The Kier molecular flexibility index (Phi) is 5.84. The number of anilines is 1. The molecule has 0 amide bonds. The van der Waals surface area contributed by atoms with Crippen LogP contribution in [0.3, 0.4) is 0 Å². The highest BCUT2D eigenvalue weighted by Crippen LogP contribution is 2.45. The van der Waals surface area contributed by atoms with Gasteiger partial charge in [-0.05, 0) is 35.9 Å². The summed E-state index contributed by atoms with van der Waals surface area (Å²) in [7, 11) is 6.92. The van der Waals surface area contributed by atoms with E-state index in [0.29, 0.717) is 39.2 Å². The van der Waals surface area contributed by atoms with Crippen molar-refractivity contribution in [2.45, 2.75) is 6.18 Å².